The second-order valence-electron chi connectivity index (χ2n) is 13.7. The van der Waals surface area contributed by atoms with Crippen LogP contribution in [0.2, 0.25) is 0 Å². The van der Waals surface area contributed by atoms with E-state index in [0.717, 1.165) is 72.0 Å². The van der Waals surface area contributed by atoms with Crippen LogP contribution in [-0.4, -0.2) is 15.0 Å². The highest BCUT2D eigenvalue weighted by Crippen LogP contribution is 2.36. The Hall–Kier alpha value is -7.43. The number of hydrogen-bond donors (Lipinski definition) is 0. The quantitative estimate of drug-likeness (QED) is 0.166. The minimum absolute atomic E-state index is 0.581. The van der Waals surface area contributed by atoms with Gasteiger partial charge in [0.1, 0.15) is 11.2 Å². The molecule has 10 rings (SSSR count). The molecule has 10 aromatic rings. The van der Waals surface area contributed by atoms with E-state index in [9.17, 15) is 0 Å². The van der Waals surface area contributed by atoms with Crippen LogP contribution in [0.3, 0.4) is 0 Å². The van der Waals surface area contributed by atoms with Crippen molar-refractivity contribution in [3.8, 4) is 78.7 Å². The molecule has 8 aromatic carbocycles. The number of nitrogens with zero attached hydrogens (tertiary/aromatic N) is 3. The Labute approximate surface area is 319 Å². The zero-order chi connectivity index (χ0) is 36.6. The fraction of sp³-hybridized carbons (Fsp3) is 0. The van der Waals surface area contributed by atoms with Gasteiger partial charge in [-0.3, -0.25) is 0 Å². The zero-order valence-electron chi connectivity index (χ0n) is 29.8. The van der Waals surface area contributed by atoms with Crippen molar-refractivity contribution in [1.82, 2.24) is 15.0 Å². The average Bonchev–Trinajstić information content (AvgIpc) is 3.65. The minimum Gasteiger partial charge on any atom is -0.456 e. The van der Waals surface area contributed by atoms with Crippen molar-refractivity contribution in [2.75, 3.05) is 0 Å². The fourth-order valence-electron chi connectivity index (χ4n) is 7.30. The van der Waals surface area contributed by atoms with E-state index in [4.69, 9.17) is 19.4 Å². The molecule has 0 fully saturated rings. The Morgan fingerprint density at radius 3 is 1.24 bits per heavy atom. The van der Waals surface area contributed by atoms with Gasteiger partial charge in [-0.2, -0.15) is 0 Å². The highest BCUT2D eigenvalue weighted by Gasteiger charge is 2.16. The monoisotopic (exact) mass is 703 g/mol. The lowest BCUT2D eigenvalue weighted by Crippen LogP contribution is -2.00. The smallest absolute Gasteiger partial charge is 0.164 e. The van der Waals surface area contributed by atoms with Crippen LogP contribution >= 0.6 is 0 Å². The Morgan fingerprint density at radius 1 is 0.236 bits per heavy atom. The van der Waals surface area contributed by atoms with E-state index < -0.39 is 0 Å². The van der Waals surface area contributed by atoms with Crippen molar-refractivity contribution in [3.63, 3.8) is 0 Å². The SMILES string of the molecule is c1ccc(-c2ccc(-c3nc(-c4cccc(-c5cc(-c6ccccc6)cc(-c6ccccc6)c5)c4)nc(-c4ccc5c(c4)oc4ccccc45)n3)cc2)cc1. The summed E-state index contributed by atoms with van der Waals surface area (Å²) in [5, 5.41) is 2.15. The first kappa shape index (κ1) is 32.2. The topological polar surface area (TPSA) is 51.8 Å². The maximum Gasteiger partial charge on any atom is 0.164 e. The van der Waals surface area contributed by atoms with Crippen molar-refractivity contribution in [2.45, 2.75) is 0 Å². The molecular formula is C51H33N3O. The van der Waals surface area contributed by atoms with Crippen LogP contribution in [0.25, 0.3) is 101 Å². The van der Waals surface area contributed by atoms with Gasteiger partial charge >= 0.3 is 0 Å². The summed E-state index contributed by atoms with van der Waals surface area (Å²) >= 11 is 0. The van der Waals surface area contributed by atoms with Gasteiger partial charge in [-0.1, -0.05) is 158 Å². The minimum atomic E-state index is 0.581. The molecule has 258 valence electrons. The third kappa shape index (κ3) is 6.36. The molecular weight excluding hydrogens is 671 g/mol. The highest BCUT2D eigenvalue weighted by molar-refractivity contribution is 6.05. The molecule has 0 spiro atoms. The number of benzene rings is 8. The molecule has 0 aliphatic carbocycles. The molecule has 0 N–H and O–H groups in total. The maximum absolute atomic E-state index is 6.28. The van der Waals surface area contributed by atoms with Gasteiger partial charge < -0.3 is 4.42 Å². The molecule has 0 saturated carbocycles. The van der Waals surface area contributed by atoms with E-state index >= 15 is 0 Å². The van der Waals surface area contributed by atoms with Gasteiger partial charge in [0.25, 0.3) is 0 Å². The van der Waals surface area contributed by atoms with Gasteiger partial charge in [0.05, 0.1) is 0 Å². The molecule has 0 saturated heterocycles. The largest absolute Gasteiger partial charge is 0.456 e. The van der Waals surface area contributed by atoms with E-state index in [2.05, 4.69) is 170 Å². The van der Waals surface area contributed by atoms with Crippen LogP contribution in [0.15, 0.2) is 205 Å². The summed E-state index contributed by atoms with van der Waals surface area (Å²) in [5.41, 5.74) is 13.5. The van der Waals surface area contributed by atoms with Crippen molar-refractivity contribution in [2.24, 2.45) is 0 Å². The Balaban J connectivity index is 1.11. The molecule has 0 bridgehead atoms. The molecule has 4 heteroatoms. The van der Waals surface area contributed by atoms with Gasteiger partial charge in [-0.05, 0) is 87.0 Å². The standard InChI is InChI=1S/C51H33N3O/c1-4-13-34(14-5-1)37-23-25-38(26-24-37)49-52-50(54-51(53-49)41-27-28-46-45-21-10-11-22-47(45)55-48(46)33-41)40-20-12-19-39(29-40)44-31-42(35-15-6-2-7-16-35)30-43(32-44)36-17-8-3-9-18-36/h1-33H. The van der Waals surface area contributed by atoms with Crippen molar-refractivity contribution in [3.05, 3.63) is 200 Å². The molecule has 0 amide bonds. The lowest BCUT2D eigenvalue weighted by Gasteiger charge is -2.13. The van der Waals surface area contributed by atoms with E-state index in [1.54, 1.807) is 0 Å². The molecule has 0 atom stereocenters. The first-order valence-electron chi connectivity index (χ1n) is 18.4. The van der Waals surface area contributed by atoms with Crippen LogP contribution in [0.4, 0.5) is 0 Å². The van der Waals surface area contributed by atoms with Crippen molar-refractivity contribution < 1.29 is 4.42 Å². The Bertz CT molecular complexity index is 2900. The third-order valence-corrected chi connectivity index (χ3v) is 10.1. The molecule has 4 nitrogen and oxygen atoms in total. The van der Waals surface area contributed by atoms with Crippen LogP contribution in [0.5, 0.6) is 0 Å². The second-order valence-corrected chi connectivity index (χ2v) is 13.7. The summed E-state index contributed by atoms with van der Waals surface area (Å²) in [6.07, 6.45) is 0. The number of para-hydroxylation sites is 1. The third-order valence-electron chi connectivity index (χ3n) is 10.1. The summed E-state index contributed by atoms with van der Waals surface area (Å²) in [6.45, 7) is 0. The predicted molar refractivity (Wildman–Crippen MR) is 225 cm³/mol. The molecule has 0 aliphatic heterocycles. The van der Waals surface area contributed by atoms with E-state index in [0.29, 0.717) is 17.5 Å². The molecule has 0 radical (unpaired) electrons. The zero-order valence-corrected chi connectivity index (χ0v) is 29.8. The first-order chi connectivity index (χ1) is 27.2. The van der Waals surface area contributed by atoms with E-state index in [1.165, 1.54) is 11.1 Å². The van der Waals surface area contributed by atoms with Crippen LogP contribution in [0, 0.1) is 0 Å². The number of rotatable bonds is 7. The number of hydrogen-bond acceptors (Lipinski definition) is 4. The maximum atomic E-state index is 6.28. The van der Waals surface area contributed by atoms with Crippen molar-refractivity contribution >= 4 is 21.9 Å². The van der Waals surface area contributed by atoms with Gasteiger partial charge in [0.2, 0.25) is 0 Å². The average molecular weight is 704 g/mol. The van der Waals surface area contributed by atoms with E-state index in [-0.39, 0.29) is 0 Å². The molecule has 0 unspecified atom stereocenters. The summed E-state index contributed by atoms with van der Waals surface area (Å²) in [6, 6.07) is 69.5. The van der Waals surface area contributed by atoms with Gasteiger partial charge in [0.15, 0.2) is 17.5 Å². The molecule has 0 aliphatic rings. The lowest BCUT2D eigenvalue weighted by atomic mass is 9.93. The van der Waals surface area contributed by atoms with Gasteiger partial charge in [-0.25, -0.2) is 15.0 Å². The number of furan rings is 1. The molecule has 2 heterocycles. The van der Waals surface area contributed by atoms with Gasteiger partial charge in [-0.15, -0.1) is 0 Å². The van der Waals surface area contributed by atoms with Crippen molar-refractivity contribution in [1.29, 1.82) is 0 Å². The molecule has 2 aromatic heterocycles. The summed E-state index contributed by atoms with van der Waals surface area (Å²) in [4.78, 5) is 15.3. The van der Waals surface area contributed by atoms with Crippen LogP contribution in [-0.2, 0) is 0 Å². The lowest BCUT2D eigenvalue weighted by molar-refractivity contribution is 0.669. The number of aromatic nitrogens is 3. The summed E-state index contributed by atoms with van der Waals surface area (Å²) in [5.74, 6) is 1.78. The Kier molecular flexibility index (Phi) is 8.12. The van der Waals surface area contributed by atoms with E-state index in [1.807, 2.05) is 30.3 Å². The predicted octanol–water partition coefficient (Wildman–Crippen LogP) is 13.4. The second kappa shape index (κ2) is 13.8. The number of fused-ring (bicyclic) bond motifs is 3. The molecule has 55 heavy (non-hydrogen) atoms. The fourth-order valence-corrected chi connectivity index (χ4v) is 7.30. The summed E-state index contributed by atoms with van der Waals surface area (Å²) in [7, 11) is 0. The summed E-state index contributed by atoms with van der Waals surface area (Å²) < 4.78 is 6.28. The Morgan fingerprint density at radius 2 is 0.618 bits per heavy atom. The highest BCUT2D eigenvalue weighted by atomic mass is 16.3. The van der Waals surface area contributed by atoms with Crippen LogP contribution < -0.4 is 0 Å². The van der Waals surface area contributed by atoms with Gasteiger partial charge in [0, 0.05) is 27.5 Å². The first-order valence-corrected chi connectivity index (χ1v) is 18.4. The normalized spacial score (nSPS) is 11.3. The van der Waals surface area contributed by atoms with Crippen LogP contribution in [0.1, 0.15) is 0 Å².